The van der Waals surface area contributed by atoms with E-state index in [0.717, 1.165) is 31.5 Å². The van der Waals surface area contributed by atoms with Crippen molar-refractivity contribution in [3.8, 4) is 0 Å². The molecule has 0 saturated carbocycles. The molecule has 4 heterocycles. The molecule has 3 aliphatic rings. The molecule has 8 heteroatoms. The summed E-state index contributed by atoms with van der Waals surface area (Å²) >= 11 is 0. The Morgan fingerprint density at radius 1 is 1.30 bits per heavy atom. The van der Waals surface area contributed by atoms with Crippen molar-refractivity contribution in [1.82, 2.24) is 18.5 Å². The van der Waals surface area contributed by atoms with Gasteiger partial charge in [-0.15, -0.1) is 0 Å². The maximum Gasteiger partial charge on any atom is 0.281 e. The van der Waals surface area contributed by atoms with Crippen LogP contribution in [0.4, 0.5) is 5.82 Å². The summed E-state index contributed by atoms with van der Waals surface area (Å²) in [6.45, 7) is 2.81. The van der Waals surface area contributed by atoms with Gasteiger partial charge in [0.05, 0.1) is 0 Å². The third-order valence-electron chi connectivity index (χ3n) is 4.88. The van der Waals surface area contributed by atoms with Gasteiger partial charge < -0.3 is 5.73 Å². The fraction of sp³-hybridized carbons (Fsp3) is 0.667. The van der Waals surface area contributed by atoms with Gasteiger partial charge in [0.25, 0.3) is 10.2 Å². The van der Waals surface area contributed by atoms with Gasteiger partial charge in [-0.05, 0) is 24.8 Å². The van der Waals surface area contributed by atoms with Crippen LogP contribution in [0.3, 0.4) is 0 Å². The van der Waals surface area contributed by atoms with Crippen molar-refractivity contribution in [2.24, 2.45) is 5.92 Å². The number of aromatic nitrogens is 1. The summed E-state index contributed by atoms with van der Waals surface area (Å²) in [4.78, 5) is 6.51. The van der Waals surface area contributed by atoms with E-state index in [9.17, 15) is 8.42 Å². The first kappa shape index (κ1) is 16.6. The van der Waals surface area contributed by atoms with Crippen molar-refractivity contribution in [1.29, 1.82) is 0 Å². The van der Waals surface area contributed by atoms with Crippen LogP contribution in [0.2, 0.25) is 0 Å². The number of nitrogen functional groups attached to an aromatic ring is 1. The van der Waals surface area contributed by atoms with Crippen molar-refractivity contribution in [2.75, 3.05) is 39.5 Å². The highest BCUT2D eigenvalue weighted by atomic mass is 32.2. The molecule has 0 unspecified atom stereocenters. The number of fused-ring (bicyclic) bond motifs is 4. The molecule has 0 aromatic carbocycles. The minimum atomic E-state index is -3.35. The molecule has 3 fully saturated rings. The summed E-state index contributed by atoms with van der Waals surface area (Å²) in [5, 5.41) is 0. The molecule has 2 bridgehead atoms. The van der Waals surface area contributed by atoms with E-state index in [2.05, 4.69) is 9.88 Å². The lowest BCUT2D eigenvalue weighted by atomic mass is 9.94. The third kappa shape index (κ3) is 3.35. The van der Waals surface area contributed by atoms with Gasteiger partial charge >= 0.3 is 0 Å². The Balaban J connectivity index is 1.79. The number of piperidine rings is 1. The Kier molecular flexibility index (Phi) is 4.59. The van der Waals surface area contributed by atoms with Gasteiger partial charge in [-0.1, -0.05) is 6.07 Å². The van der Waals surface area contributed by atoms with E-state index in [1.54, 1.807) is 24.6 Å². The molecule has 2 N–H and O–H groups in total. The van der Waals surface area contributed by atoms with E-state index in [1.807, 2.05) is 12.1 Å². The number of nitrogens with two attached hydrogens (primary N) is 1. The second-order valence-corrected chi connectivity index (χ2v) is 8.82. The standard InChI is InChI=1S/C15H25N5O2S/c1-18(2)23(21,22)20-9-12-5-6-14(11-20)19(8-12)10-13-4-3-7-17-15(13)16/h3-4,7,12,14H,5-6,8-11H2,1-2H3,(H2,16,17)/t12-,14-/m0/s1. The summed E-state index contributed by atoms with van der Waals surface area (Å²) in [6, 6.07) is 4.13. The van der Waals surface area contributed by atoms with E-state index in [1.165, 1.54) is 4.31 Å². The molecule has 4 rings (SSSR count). The Labute approximate surface area is 138 Å². The molecule has 0 spiro atoms. The zero-order valence-corrected chi connectivity index (χ0v) is 14.5. The van der Waals surface area contributed by atoms with E-state index in [-0.39, 0.29) is 6.04 Å². The number of rotatable bonds is 4. The highest BCUT2D eigenvalue weighted by Gasteiger charge is 2.39. The van der Waals surface area contributed by atoms with Crippen LogP contribution in [0.15, 0.2) is 18.3 Å². The van der Waals surface area contributed by atoms with Crippen LogP contribution in [0.5, 0.6) is 0 Å². The van der Waals surface area contributed by atoms with Gasteiger partial charge in [0, 0.05) is 58.1 Å². The summed E-state index contributed by atoms with van der Waals surface area (Å²) < 4.78 is 27.9. The molecule has 1 aromatic rings. The van der Waals surface area contributed by atoms with Crippen molar-refractivity contribution in [2.45, 2.75) is 25.4 Å². The first-order valence-corrected chi connectivity index (χ1v) is 9.38. The lowest BCUT2D eigenvalue weighted by molar-refractivity contribution is 0.125. The normalized spacial score (nSPS) is 26.6. The van der Waals surface area contributed by atoms with Gasteiger partial charge in [-0.3, -0.25) is 4.90 Å². The first-order chi connectivity index (χ1) is 10.9. The van der Waals surface area contributed by atoms with Crippen LogP contribution < -0.4 is 5.73 Å². The number of anilines is 1. The maximum atomic E-state index is 12.5. The van der Waals surface area contributed by atoms with Crippen LogP contribution in [0.1, 0.15) is 18.4 Å². The zero-order chi connectivity index (χ0) is 16.6. The van der Waals surface area contributed by atoms with E-state index >= 15 is 0 Å². The highest BCUT2D eigenvalue weighted by molar-refractivity contribution is 7.86. The molecule has 0 amide bonds. The predicted molar refractivity (Wildman–Crippen MR) is 89.8 cm³/mol. The quantitative estimate of drug-likeness (QED) is 0.857. The topological polar surface area (TPSA) is 82.8 Å². The summed E-state index contributed by atoms with van der Waals surface area (Å²) in [5.41, 5.74) is 6.98. The molecular weight excluding hydrogens is 314 g/mol. The monoisotopic (exact) mass is 339 g/mol. The largest absolute Gasteiger partial charge is 0.383 e. The Morgan fingerprint density at radius 2 is 2.09 bits per heavy atom. The van der Waals surface area contributed by atoms with E-state index < -0.39 is 10.2 Å². The molecule has 7 nitrogen and oxygen atoms in total. The van der Waals surface area contributed by atoms with Crippen molar-refractivity contribution < 1.29 is 8.42 Å². The molecule has 3 aliphatic heterocycles. The molecule has 128 valence electrons. The summed E-state index contributed by atoms with van der Waals surface area (Å²) in [7, 11) is -0.164. The molecule has 1 aromatic heterocycles. The van der Waals surface area contributed by atoms with Crippen LogP contribution in [0, 0.1) is 5.92 Å². The Bertz CT molecular complexity index is 664. The third-order valence-corrected chi connectivity index (χ3v) is 6.75. The van der Waals surface area contributed by atoms with E-state index in [4.69, 9.17) is 5.73 Å². The van der Waals surface area contributed by atoms with Crippen molar-refractivity contribution in [3.05, 3.63) is 23.9 Å². The lowest BCUT2D eigenvalue weighted by Gasteiger charge is -2.36. The summed E-state index contributed by atoms with van der Waals surface area (Å²) in [6.07, 6.45) is 3.81. The van der Waals surface area contributed by atoms with Crippen LogP contribution in [-0.2, 0) is 16.8 Å². The van der Waals surface area contributed by atoms with Crippen molar-refractivity contribution >= 4 is 16.0 Å². The van der Waals surface area contributed by atoms with Crippen LogP contribution in [-0.4, -0.2) is 66.7 Å². The first-order valence-electron chi connectivity index (χ1n) is 7.99. The maximum absolute atomic E-state index is 12.5. The molecule has 23 heavy (non-hydrogen) atoms. The number of hydrogen-bond donors (Lipinski definition) is 1. The fourth-order valence-corrected chi connectivity index (χ4v) is 4.77. The molecule has 2 atom stereocenters. The highest BCUT2D eigenvalue weighted by Crippen LogP contribution is 2.31. The van der Waals surface area contributed by atoms with Gasteiger partial charge in [0.1, 0.15) is 5.82 Å². The predicted octanol–water partition coefficient (Wildman–Crippen LogP) is 0.366. The molecule has 0 aliphatic carbocycles. The smallest absolute Gasteiger partial charge is 0.281 e. The number of pyridine rings is 1. The second kappa shape index (κ2) is 6.35. The van der Waals surface area contributed by atoms with Gasteiger partial charge in [0.15, 0.2) is 0 Å². The minimum Gasteiger partial charge on any atom is -0.383 e. The Morgan fingerprint density at radius 3 is 2.78 bits per heavy atom. The summed E-state index contributed by atoms with van der Waals surface area (Å²) in [5.74, 6) is 0.937. The number of nitrogens with zero attached hydrogens (tertiary/aromatic N) is 4. The average Bonchev–Trinajstić information content (AvgIpc) is 2.81. The minimum absolute atomic E-state index is 0.239. The SMILES string of the molecule is CN(C)S(=O)(=O)N1C[C@H]2CC[C@@H](C1)N(Cc1cccnc1N)C2. The van der Waals surface area contributed by atoms with Crippen LogP contribution >= 0.6 is 0 Å². The molecule has 0 radical (unpaired) electrons. The Hall–Kier alpha value is -1.22. The fourth-order valence-electron chi connectivity index (χ4n) is 3.55. The van der Waals surface area contributed by atoms with Gasteiger partial charge in [-0.25, -0.2) is 4.98 Å². The van der Waals surface area contributed by atoms with Crippen LogP contribution in [0.25, 0.3) is 0 Å². The van der Waals surface area contributed by atoms with Gasteiger partial charge in [0.2, 0.25) is 0 Å². The number of hydrogen-bond acceptors (Lipinski definition) is 5. The molecular formula is C15H25N5O2S. The van der Waals surface area contributed by atoms with Crippen molar-refractivity contribution in [3.63, 3.8) is 0 Å². The average molecular weight is 339 g/mol. The molecule has 3 saturated heterocycles. The second-order valence-electron chi connectivity index (χ2n) is 6.68. The van der Waals surface area contributed by atoms with E-state index in [0.29, 0.717) is 24.8 Å². The van der Waals surface area contributed by atoms with Gasteiger partial charge in [-0.2, -0.15) is 17.0 Å². The lowest BCUT2D eigenvalue weighted by Crippen LogP contribution is -2.46. The zero-order valence-electron chi connectivity index (χ0n) is 13.7.